The fourth-order valence-electron chi connectivity index (χ4n) is 4.66. The third kappa shape index (κ3) is 3.90. The number of amidine groups is 1. The molecule has 0 amide bonds. The fraction of sp³-hybridized carbons (Fsp3) is 0.107. The molecule has 3 heterocycles. The zero-order chi connectivity index (χ0) is 22.2. The average molecular weight is 512 g/mol. The van der Waals surface area contributed by atoms with Gasteiger partial charge in [0, 0.05) is 23.0 Å². The number of hydrogen-bond acceptors (Lipinski definition) is 4. The highest BCUT2D eigenvalue weighted by molar-refractivity contribution is 9.10. The summed E-state index contributed by atoms with van der Waals surface area (Å²) in [6.45, 7) is 1.65. The predicted octanol–water partition coefficient (Wildman–Crippen LogP) is 6.85. The molecule has 3 nitrogen and oxygen atoms in total. The monoisotopic (exact) mass is 511 g/mol. The van der Waals surface area contributed by atoms with Gasteiger partial charge in [-0.05, 0) is 46.0 Å². The Balaban J connectivity index is 1.49. The Labute approximate surface area is 206 Å². The first-order chi connectivity index (χ1) is 16.3. The topological polar surface area (TPSA) is 27.6 Å². The summed E-state index contributed by atoms with van der Waals surface area (Å²) in [5.41, 5.74) is 8.59. The first-order valence-corrected chi connectivity index (χ1v) is 12.7. The Bertz CT molecular complexity index is 1310. The van der Waals surface area contributed by atoms with Gasteiger partial charge in [0.05, 0.1) is 17.4 Å². The van der Waals surface area contributed by atoms with E-state index >= 15 is 0 Å². The molecule has 1 atom stereocenters. The van der Waals surface area contributed by atoms with E-state index in [0.29, 0.717) is 0 Å². The van der Waals surface area contributed by atoms with E-state index in [1.807, 2.05) is 0 Å². The third-order valence-corrected chi connectivity index (χ3v) is 7.54. The number of hydrogen-bond donors (Lipinski definition) is 1. The molecule has 0 bridgehead atoms. The highest BCUT2D eigenvalue weighted by Gasteiger charge is 2.40. The lowest BCUT2D eigenvalue weighted by molar-refractivity contribution is 0.462. The average Bonchev–Trinajstić information content (AvgIpc) is 3.28. The minimum atomic E-state index is 0.102. The Kier molecular flexibility index (Phi) is 5.54. The minimum absolute atomic E-state index is 0.102. The molecule has 0 saturated carbocycles. The van der Waals surface area contributed by atoms with Crippen molar-refractivity contribution in [1.82, 2.24) is 10.2 Å². The van der Waals surface area contributed by atoms with Gasteiger partial charge < -0.3 is 10.2 Å². The molecule has 0 fully saturated rings. The molecule has 1 N–H and O–H groups in total. The smallest absolute Gasteiger partial charge is 0.174 e. The van der Waals surface area contributed by atoms with E-state index in [0.717, 1.165) is 28.4 Å². The lowest BCUT2D eigenvalue weighted by Crippen LogP contribution is -2.40. The maximum atomic E-state index is 5.23. The first-order valence-electron chi connectivity index (χ1n) is 11.0. The maximum absolute atomic E-state index is 5.23. The summed E-state index contributed by atoms with van der Waals surface area (Å²) < 4.78 is 1.09. The summed E-state index contributed by atoms with van der Waals surface area (Å²) in [4.78, 5) is 7.64. The van der Waals surface area contributed by atoms with Gasteiger partial charge in [-0.2, -0.15) is 0 Å². The van der Waals surface area contributed by atoms with Gasteiger partial charge in [-0.25, -0.2) is 4.99 Å². The van der Waals surface area contributed by atoms with Crippen LogP contribution in [-0.2, 0) is 0 Å². The Morgan fingerprint density at radius 3 is 2.39 bits per heavy atom. The Morgan fingerprint density at radius 2 is 1.64 bits per heavy atom. The van der Waals surface area contributed by atoms with Crippen LogP contribution in [0.5, 0.6) is 0 Å². The van der Waals surface area contributed by atoms with Crippen molar-refractivity contribution in [3.05, 3.63) is 128 Å². The van der Waals surface area contributed by atoms with Gasteiger partial charge in [0.1, 0.15) is 0 Å². The molecule has 6 rings (SSSR count). The lowest BCUT2D eigenvalue weighted by atomic mass is 9.88. The molecule has 0 aromatic heterocycles. The number of nitrogens with one attached hydrogen (secondary N) is 1. The minimum Gasteiger partial charge on any atom is -0.309 e. The van der Waals surface area contributed by atoms with Crippen LogP contribution in [0.1, 0.15) is 22.7 Å². The zero-order valence-electron chi connectivity index (χ0n) is 17.9. The van der Waals surface area contributed by atoms with Crippen LogP contribution in [-0.4, -0.2) is 23.2 Å². The van der Waals surface area contributed by atoms with E-state index in [2.05, 4.69) is 123 Å². The van der Waals surface area contributed by atoms with Crippen molar-refractivity contribution < 1.29 is 0 Å². The maximum Gasteiger partial charge on any atom is 0.174 e. The molecule has 0 saturated heterocycles. The second-order valence-electron chi connectivity index (χ2n) is 8.26. The first kappa shape index (κ1) is 20.7. The summed E-state index contributed by atoms with van der Waals surface area (Å²) in [7, 11) is 0. The molecule has 0 aliphatic carbocycles. The highest BCUT2D eigenvalue weighted by Crippen LogP contribution is 2.48. The molecule has 1 unspecified atom stereocenters. The summed E-state index contributed by atoms with van der Waals surface area (Å²) in [6.07, 6.45) is 2.27. The number of rotatable bonds is 3. The van der Waals surface area contributed by atoms with E-state index in [4.69, 9.17) is 4.99 Å². The van der Waals surface area contributed by atoms with Crippen molar-refractivity contribution in [3.8, 4) is 0 Å². The van der Waals surface area contributed by atoms with Gasteiger partial charge in [-0.1, -0.05) is 100 Å². The summed E-state index contributed by atoms with van der Waals surface area (Å²) in [5.74, 6) is 0. The number of nitrogens with zero attached hydrogens (tertiary/aromatic N) is 2. The highest BCUT2D eigenvalue weighted by atomic mass is 79.9. The number of thioether (sulfide) groups is 1. The van der Waals surface area contributed by atoms with Gasteiger partial charge in [0.2, 0.25) is 0 Å². The number of fused-ring (bicyclic) bond motifs is 1. The standard InChI is InChI=1S/C28H22BrN3S/c29-23-13-11-20(12-14-23)25-18-33-28-31-26-22(15-19-7-3-1-4-8-19)16-30-17-24(26)27(32(25)28)21-9-5-2-6-10-21/h1-15,18,27,30H,16-17H2/b22-15-. The summed E-state index contributed by atoms with van der Waals surface area (Å²) >= 11 is 5.28. The molecule has 3 aromatic rings. The van der Waals surface area contributed by atoms with E-state index in [1.165, 1.54) is 33.5 Å². The molecule has 5 heteroatoms. The van der Waals surface area contributed by atoms with Crippen LogP contribution in [0.2, 0.25) is 0 Å². The lowest BCUT2D eigenvalue weighted by Gasteiger charge is -2.40. The molecule has 3 aliphatic rings. The molecule has 162 valence electrons. The van der Waals surface area contributed by atoms with Gasteiger partial charge >= 0.3 is 0 Å². The third-order valence-electron chi connectivity index (χ3n) is 6.17. The number of aliphatic imine (C=N–C) groups is 1. The van der Waals surface area contributed by atoms with E-state index in [9.17, 15) is 0 Å². The largest absolute Gasteiger partial charge is 0.309 e. The van der Waals surface area contributed by atoms with E-state index < -0.39 is 0 Å². The van der Waals surface area contributed by atoms with Crippen molar-refractivity contribution in [2.75, 3.05) is 13.1 Å². The predicted molar refractivity (Wildman–Crippen MR) is 142 cm³/mol. The van der Waals surface area contributed by atoms with E-state index in [1.54, 1.807) is 11.8 Å². The van der Waals surface area contributed by atoms with Crippen LogP contribution in [0.3, 0.4) is 0 Å². The Morgan fingerprint density at radius 1 is 0.909 bits per heavy atom. The Hall–Kier alpha value is -2.86. The van der Waals surface area contributed by atoms with Gasteiger partial charge in [-0.15, -0.1) is 0 Å². The van der Waals surface area contributed by atoms with Crippen molar-refractivity contribution in [1.29, 1.82) is 0 Å². The molecule has 3 aliphatic heterocycles. The SMILES string of the molecule is Brc1ccc(C2=CSC3=NC4=C(CNC/C4=C/c4ccccc4)C(c4ccccc4)N23)cc1. The van der Waals surface area contributed by atoms with Crippen LogP contribution in [0, 0.1) is 0 Å². The van der Waals surface area contributed by atoms with Crippen molar-refractivity contribution in [3.63, 3.8) is 0 Å². The van der Waals surface area contributed by atoms with Crippen LogP contribution < -0.4 is 5.32 Å². The molecule has 33 heavy (non-hydrogen) atoms. The van der Waals surface area contributed by atoms with Crippen LogP contribution in [0.25, 0.3) is 11.8 Å². The van der Waals surface area contributed by atoms with Crippen molar-refractivity contribution >= 4 is 44.6 Å². The van der Waals surface area contributed by atoms with Crippen molar-refractivity contribution in [2.45, 2.75) is 6.04 Å². The van der Waals surface area contributed by atoms with Crippen LogP contribution in [0.15, 0.2) is 117 Å². The second-order valence-corrected chi connectivity index (χ2v) is 10.0. The molecule has 0 spiro atoms. The van der Waals surface area contributed by atoms with Gasteiger partial charge in [-0.3, -0.25) is 0 Å². The van der Waals surface area contributed by atoms with Gasteiger partial charge in [0.25, 0.3) is 0 Å². The quantitative estimate of drug-likeness (QED) is 0.416. The second kappa shape index (κ2) is 8.82. The number of halogens is 1. The van der Waals surface area contributed by atoms with Crippen LogP contribution in [0.4, 0.5) is 0 Å². The number of benzene rings is 3. The van der Waals surface area contributed by atoms with E-state index in [-0.39, 0.29) is 6.04 Å². The summed E-state index contributed by atoms with van der Waals surface area (Å²) in [5, 5.41) is 6.92. The molecule has 3 aromatic carbocycles. The molecular formula is C28H22BrN3S. The zero-order valence-corrected chi connectivity index (χ0v) is 20.3. The summed E-state index contributed by atoms with van der Waals surface area (Å²) in [6, 6.07) is 30.0. The normalized spacial score (nSPS) is 20.9. The van der Waals surface area contributed by atoms with Crippen molar-refractivity contribution in [2.24, 2.45) is 4.99 Å². The van der Waals surface area contributed by atoms with Gasteiger partial charge in [0.15, 0.2) is 5.17 Å². The van der Waals surface area contributed by atoms with Crippen LogP contribution >= 0.6 is 27.7 Å². The fourth-order valence-corrected chi connectivity index (χ4v) is 5.86. The molecule has 0 radical (unpaired) electrons. The molecular weight excluding hydrogens is 490 g/mol.